The van der Waals surface area contributed by atoms with E-state index in [0.29, 0.717) is 16.5 Å². The van der Waals surface area contributed by atoms with Gasteiger partial charge in [0.2, 0.25) is 0 Å². The van der Waals surface area contributed by atoms with Crippen LogP contribution in [0, 0.1) is 0 Å². The minimum absolute atomic E-state index is 0.0558. The number of halogens is 1. The van der Waals surface area contributed by atoms with Gasteiger partial charge in [-0.15, -0.1) is 0 Å². The molecule has 0 aliphatic heterocycles. The van der Waals surface area contributed by atoms with Gasteiger partial charge in [0.25, 0.3) is 0 Å². The molecule has 0 unspecified atom stereocenters. The Kier molecular flexibility index (Phi) is 4.13. The second kappa shape index (κ2) is 5.61. The van der Waals surface area contributed by atoms with Crippen molar-refractivity contribution in [2.24, 2.45) is 0 Å². The number of aliphatic hydroxyl groups excluding tert-OH is 1. The summed E-state index contributed by atoms with van der Waals surface area (Å²) in [6.45, 7) is -0.0558. The third-order valence-corrected chi connectivity index (χ3v) is 3.34. The van der Waals surface area contributed by atoms with Gasteiger partial charge >= 0.3 is 0 Å². The highest BCUT2D eigenvalue weighted by atomic mass is 35.5. The maximum atomic E-state index is 9.10. The summed E-state index contributed by atoms with van der Waals surface area (Å²) in [5.41, 5.74) is 0.727. The first-order chi connectivity index (χ1) is 8.24. The fraction of sp³-hybridized carbons (Fsp3) is 0.538. The number of aliphatic hydroxyl groups is 1. The molecular formula is C13H17ClO3. The summed E-state index contributed by atoms with van der Waals surface area (Å²) >= 11 is 6.15. The van der Waals surface area contributed by atoms with E-state index in [-0.39, 0.29) is 12.7 Å². The molecule has 1 fully saturated rings. The highest BCUT2D eigenvalue weighted by Gasteiger charge is 2.20. The molecule has 0 saturated heterocycles. The lowest BCUT2D eigenvalue weighted by molar-refractivity contribution is 0.200. The van der Waals surface area contributed by atoms with Crippen molar-refractivity contribution < 1.29 is 14.6 Å². The molecule has 0 spiro atoms. The van der Waals surface area contributed by atoms with Gasteiger partial charge in [-0.3, -0.25) is 0 Å². The van der Waals surface area contributed by atoms with Gasteiger partial charge in [0.15, 0.2) is 11.5 Å². The van der Waals surface area contributed by atoms with Crippen molar-refractivity contribution in [3.05, 3.63) is 22.7 Å². The Balaban J connectivity index is 2.24. The summed E-state index contributed by atoms with van der Waals surface area (Å²) < 4.78 is 11.1. The molecule has 2 rings (SSSR count). The second-order valence-corrected chi connectivity index (χ2v) is 4.70. The predicted octanol–water partition coefficient (Wildman–Crippen LogP) is 3.16. The van der Waals surface area contributed by atoms with E-state index in [4.69, 9.17) is 26.2 Å². The number of hydrogen-bond acceptors (Lipinski definition) is 3. The van der Waals surface area contributed by atoms with E-state index in [0.717, 1.165) is 18.4 Å². The van der Waals surface area contributed by atoms with E-state index in [9.17, 15) is 0 Å². The summed E-state index contributed by atoms with van der Waals surface area (Å²) in [6.07, 6.45) is 4.79. The fourth-order valence-electron chi connectivity index (χ4n) is 2.15. The van der Waals surface area contributed by atoms with Crippen molar-refractivity contribution in [3.8, 4) is 11.5 Å². The maximum Gasteiger partial charge on any atom is 0.180 e. The highest BCUT2D eigenvalue weighted by Crippen LogP contribution is 2.38. The van der Waals surface area contributed by atoms with E-state index in [1.165, 1.54) is 12.8 Å². The van der Waals surface area contributed by atoms with Crippen LogP contribution in [0.2, 0.25) is 5.02 Å². The lowest BCUT2D eigenvalue weighted by Gasteiger charge is -2.17. The van der Waals surface area contributed by atoms with Gasteiger partial charge in [-0.1, -0.05) is 11.6 Å². The van der Waals surface area contributed by atoms with Gasteiger partial charge in [-0.05, 0) is 43.4 Å². The Morgan fingerprint density at radius 2 is 2.06 bits per heavy atom. The van der Waals surface area contributed by atoms with Crippen LogP contribution in [0.5, 0.6) is 11.5 Å². The van der Waals surface area contributed by atoms with Crippen LogP contribution >= 0.6 is 11.6 Å². The molecule has 0 aromatic heterocycles. The lowest BCUT2D eigenvalue weighted by Crippen LogP contribution is -2.12. The topological polar surface area (TPSA) is 38.7 Å². The van der Waals surface area contributed by atoms with E-state index in [2.05, 4.69) is 0 Å². The van der Waals surface area contributed by atoms with Gasteiger partial charge in [0.05, 0.1) is 24.8 Å². The minimum Gasteiger partial charge on any atom is -0.493 e. The van der Waals surface area contributed by atoms with E-state index in [1.54, 1.807) is 19.2 Å². The number of hydrogen-bond donors (Lipinski definition) is 1. The first kappa shape index (κ1) is 12.5. The minimum atomic E-state index is -0.0558. The molecule has 94 valence electrons. The van der Waals surface area contributed by atoms with Crippen molar-refractivity contribution in [2.75, 3.05) is 7.11 Å². The standard InChI is InChI=1S/C13H17ClO3/c1-16-12-7-9(8-15)6-11(14)13(12)17-10-4-2-3-5-10/h6-7,10,15H,2-5,8H2,1H3. The Morgan fingerprint density at radius 1 is 1.35 bits per heavy atom. The van der Waals surface area contributed by atoms with Gasteiger partial charge in [0.1, 0.15) is 0 Å². The summed E-state index contributed by atoms with van der Waals surface area (Å²) in [6, 6.07) is 3.48. The zero-order valence-corrected chi connectivity index (χ0v) is 10.7. The maximum absolute atomic E-state index is 9.10. The van der Waals surface area contributed by atoms with Crippen molar-refractivity contribution in [2.45, 2.75) is 38.4 Å². The first-order valence-corrected chi connectivity index (χ1v) is 6.26. The number of benzene rings is 1. The summed E-state index contributed by atoms with van der Waals surface area (Å²) in [5, 5.41) is 9.60. The zero-order valence-electron chi connectivity index (χ0n) is 9.91. The molecule has 4 heteroatoms. The molecule has 0 amide bonds. The summed E-state index contributed by atoms with van der Waals surface area (Å²) in [4.78, 5) is 0. The van der Waals surface area contributed by atoms with Crippen LogP contribution < -0.4 is 9.47 Å². The smallest absolute Gasteiger partial charge is 0.180 e. The van der Waals surface area contributed by atoms with Gasteiger partial charge in [-0.2, -0.15) is 0 Å². The molecule has 1 aromatic rings. The van der Waals surface area contributed by atoms with Crippen LogP contribution in [0.3, 0.4) is 0 Å². The van der Waals surface area contributed by atoms with Crippen LogP contribution in [0.25, 0.3) is 0 Å². The van der Waals surface area contributed by atoms with Crippen LogP contribution in [-0.4, -0.2) is 18.3 Å². The summed E-state index contributed by atoms with van der Waals surface area (Å²) in [5.74, 6) is 1.19. The zero-order chi connectivity index (χ0) is 12.3. The Bertz CT molecular complexity index is 386. The molecule has 3 nitrogen and oxygen atoms in total. The monoisotopic (exact) mass is 256 g/mol. The van der Waals surface area contributed by atoms with Gasteiger partial charge in [0, 0.05) is 0 Å². The number of methoxy groups -OCH3 is 1. The average Bonchev–Trinajstić information content (AvgIpc) is 2.84. The third kappa shape index (κ3) is 2.85. The Hall–Kier alpha value is -0.930. The largest absolute Gasteiger partial charge is 0.493 e. The Morgan fingerprint density at radius 3 is 2.65 bits per heavy atom. The van der Waals surface area contributed by atoms with Gasteiger partial charge < -0.3 is 14.6 Å². The first-order valence-electron chi connectivity index (χ1n) is 5.88. The molecule has 0 atom stereocenters. The SMILES string of the molecule is COc1cc(CO)cc(Cl)c1OC1CCCC1. The molecule has 17 heavy (non-hydrogen) atoms. The van der Waals surface area contributed by atoms with E-state index >= 15 is 0 Å². The van der Waals surface area contributed by atoms with Gasteiger partial charge in [-0.25, -0.2) is 0 Å². The molecule has 1 N–H and O–H groups in total. The Labute approximate surface area is 106 Å². The molecule has 0 radical (unpaired) electrons. The number of rotatable bonds is 4. The molecule has 0 heterocycles. The van der Waals surface area contributed by atoms with Crippen molar-refractivity contribution in [1.82, 2.24) is 0 Å². The highest BCUT2D eigenvalue weighted by molar-refractivity contribution is 6.32. The predicted molar refractivity (Wildman–Crippen MR) is 66.8 cm³/mol. The van der Waals surface area contributed by atoms with E-state index in [1.807, 2.05) is 0 Å². The molecule has 1 aliphatic carbocycles. The lowest BCUT2D eigenvalue weighted by atomic mass is 10.2. The van der Waals surface area contributed by atoms with E-state index < -0.39 is 0 Å². The summed E-state index contributed by atoms with van der Waals surface area (Å²) in [7, 11) is 1.58. The van der Waals surface area contributed by atoms with Crippen LogP contribution in [0.1, 0.15) is 31.2 Å². The second-order valence-electron chi connectivity index (χ2n) is 4.29. The van der Waals surface area contributed by atoms with Crippen LogP contribution in [0.4, 0.5) is 0 Å². The average molecular weight is 257 g/mol. The number of ether oxygens (including phenoxy) is 2. The van der Waals surface area contributed by atoms with Crippen LogP contribution in [-0.2, 0) is 6.61 Å². The quantitative estimate of drug-likeness (QED) is 0.899. The fourth-order valence-corrected chi connectivity index (χ4v) is 2.43. The normalized spacial score (nSPS) is 16.2. The molecule has 1 aromatic carbocycles. The van der Waals surface area contributed by atoms with Crippen molar-refractivity contribution in [3.63, 3.8) is 0 Å². The van der Waals surface area contributed by atoms with Crippen molar-refractivity contribution in [1.29, 1.82) is 0 Å². The van der Waals surface area contributed by atoms with Crippen molar-refractivity contribution >= 4 is 11.6 Å². The molecular weight excluding hydrogens is 240 g/mol. The third-order valence-electron chi connectivity index (χ3n) is 3.06. The molecule has 1 aliphatic rings. The van der Waals surface area contributed by atoms with Crippen LogP contribution in [0.15, 0.2) is 12.1 Å². The molecule has 0 bridgehead atoms. The molecule has 1 saturated carbocycles.